The summed E-state index contributed by atoms with van der Waals surface area (Å²) in [6.07, 6.45) is 4.82. The van der Waals surface area contributed by atoms with Crippen molar-refractivity contribution in [1.29, 1.82) is 0 Å². The average Bonchev–Trinajstić information content (AvgIpc) is 3.28. The summed E-state index contributed by atoms with van der Waals surface area (Å²) in [4.78, 5) is 26.7. The lowest BCUT2D eigenvalue weighted by molar-refractivity contribution is -0.126. The van der Waals surface area contributed by atoms with Gasteiger partial charge in [-0.1, -0.05) is 6.07 Å². The number of nitrogens with one attached hydrogen (secondary N) is 1. The van der Waals surface area contributed by atoms with Crippen molar-refractivity contribution in [2.75, 3.05) is 26.7 Å². The molecule has 7 nitrogen and oxygen atoms in total. The van der Waals surface area contributed by atoms with Gasteiger partial charge >= 0.3 is 6.61 Å². The number of halogens is 2. The molecule has 0 saturated carbocycles. The number of furan rings is 1. The molecular formula is C21H24F2N2O5. The maximum atomic E-state index is 12.5. The SMILES string of the molecule is COc1cc(CCNC(=O)[C@H]2CCCN(C(=O)c3ccoc3)C2)ccc1OC(F)F. The summed E-state index contributed by atoms with van der Waals surface area (Å²) in [5, 5.41) is 2.89. The first-order valence-electron chi connectivity index (χ1n) is 9.69. The lowest BCUT2D eigenvalue weighted by atomic mass is 9.96. The van der Waals surface area contributed by atoms with Crippen molar-refractivity contribution in [2.45, 2.75) is 25.9 Å². The number of carbonyl (C=O) groups excluding carboxylic acids is 2. The summed E-state index contributed by atoms with van der Waals surface area (Å²) in [5.74, 6) is -0.348. The van der Waals surface area contributed by atoms with Crippen LogP contribution in [0.4, 0.5) is 8.78 Å². The van der Waals surface area contributed by atoms with Crippen molar-refractivity contribution in [3.8, 4) is 11.5 Å². The van der Waals surface area contributed by atoms with Crippen LogP contribution in [0.2, 0.25) is 0 Å². The molecule has 1 aromatic heterocycles. The Kier molecular flexibility index (Phi) is 7.26. The first kappa shape index (κ1) is 21.6. The van der Waals surface area contributed by atoms with Crippen molar-refractivity contribution >= 4 is 11.8 Å². The van der Waals surface area contributed by atoms with Crippen molar-refractivity contribution in [2.24, 2.45) is 5.92 Å². The number of amides is 2. The summed E-state index contributed by atoms with van der Waals surface area (Å²) >= 11 is 0. The maximum absolute atomic E-state index is 12.5. The van der Waals surface area contributed by atoms with Gasteiger partial charge in [-0.05, 0) is 43.0 Å². The van der Waals surface area contributed by atoms with Crippen LogP contribution < -0.4 is 14.8 Å². The van der Waals surface area contributed by atoms with Gasteiger partial charge in [0.1, 0.15) is 6.26 Å². The molecule has 9 heteroatoms. The van der Waals surface area contributed by atoms with Crippen molar-refractivity contribution in [3.63, 3.8) is 0 Å². The van der Waals surface area contributed by atoms with E-state index in [1.54, 1.807) is 23.1 Å². The molecule has 3 rings (SSSR count). The molecule has 1 aliphatic rings. The van der Waals surface area contributed by atoms with Gasteiger partial charge in [-0.25, -0.2) is 0 Å². The van der Waals surface area contributed by atoms with E-state index in [4.69, 9.17) is 9.15 Å². The van der Waals surface area contributed by atoms with E-state index in [1.807, 2.05) is 0 Å². The minimum atomic E-state index is -2.93. The van der Waals surface area contributed by atoms with Crippen LogP contribution in [0.3, 0.4) is 0 Å². The van der Waals surface area contributed by atoms with Crippen LogP contribution in [0.5, 0.6) is 11.5 Å². The Bertz CT molecular complexity index is 857. The molecule has 2 aromatic rings. The van der Waals surface area contributed by atoms with Crippen LogP contribution in [0.25, 0.3) is 0 Å². The average molecular weight is 422 g/mol. The zero-order valence-electron chi connectivity index (χ0n) is 16.6. The predicted molar refractivity (Wildman–Crippen MR) is 104 cm³/mol. The Morgan fingerprint density at radius 2 is 2.13 bits per heavy atom. The molecule has 0 radical (unpaired) electrons. The van der Waals surface area contributed by atoms with E-state index in [0.717, 1.165) is 12.0 Å². The van der Waals surface area contributed by atoms with E-state index < -0.39 is 6.61 Å². The van der Waals surface area contributed by atoms with E-state index in [-0.39, 0.29) is 29.2 Å². The largest absolute Gasteiger partial charge is 0.493 e. The molecule has 1 atom stereocenters. The third-order valence-electron chi connectivity index (χ3n) is 5.00. The van der Waals surface area contributed by atoms with Crippen LogP contribution in [-0.4, -0.2) is 50.1 Å². The molecule has 1 N–H and O–H groups in total. The Balaban J connectivity index is 1.50. The van der Waals surface area contributed by atoms with E-state index in [1.165, 1.54) is 25.7 Å². The van der Waals surface area contributed by atoms with Crippen molar-refractivity contribution < 1.29 is 32.3 Å². The monoisotopic (exact) mass is 422 g/mol. The zero-order chi connectivity index (χ0) is 21.5. The lowest BCUT2D eigenvalue weighted by Crippen LogP contribution is -2.45. The number of alkyl halides is 2. The van der Waals surface area contributed by atoms with Gasteiger partial charge in [0.2, 0.25) is 5.91 Å². The number of carbonyl (C=O) groups is 2. The normalized spacial score (nSPS) is 16.4. The van der Waals surface area contributed by atoms with Gasteiger partial charge in [0, 0.05) is 19.6 Å². The summed E-state index contributed by atoms with van der Waals surface area (Å²) in [5.41, 5.74) is 1.29. The number of nitrogens with zero attached hydrogens (tertiary/aromatic N) is 1. The summed E-state index contributed by atoms with van der Waals surface area (Å²) in [6, 6.07) is 6.29. The second-order valence-corrected chi connectivity index (χ2v) is 7.01. The fraction of sp³-hybridized carbons (Fsp3) is 0.429. The highest BCUT2D eigenvalue weighted by molar-refractivity contribution is 5.94. The number of piperidine rings is 1. The number of hydrogen-bond donors (Lipinski definition) is 1. The minimum Gasteiger partial charge on any atom is -0.493 e. The second kappa shape index (κ2) is 10.1. The number of hydrogen-bond acceptors (Lipinski definition) is 5. The van der Waals surface area contributed by atoms with Gasteiger partial charge in [0.05, 0.1) is 24.9 Å². The third-order valence-corrected chi connectivity index (χ3v) is 5.00. The molecule has 1 aromatic carbocycles. The Hall–Kier alpha value is -3.10. The molecule has 0 spiro atoms. The Morgan fingerprint density at radius 3 is 2.83 bits per heavy atom. The van der Waals surface area contributed by atoms with E-state index in [2.05, 4.69) is 10.1 Å². The van der Waals surface area contributed by atoms with Crippen LogP contribution >= 0.6 is 0 Å². The highest BCUT2D eigenvalue weighted by Crippen LogP contribution is 2.29. The molecule has 0 bridgehead atoms. The molecule has 0 unspecified atom stereocenters. The van der Waals surface area contributed by atoms with Crippen LogP contribution in [-0.2, 0) is 11.2 Å². The first-order chi connectivity index (χ1) is 14.5. The number of benzene rings is 1. The topological polar surface area (TPSA) is 81.0 Å². The van der Waals surface area contributed by atoms with Crippen molar-refractivity contribution in [3.05, 3.63) is 47.9 Å². The molecule has 162 valence electrons. The van der Waals surface area contributed by atoms with E-state index in [9.17, 15) is 18.4 Å². The van der Waals surface area contributed by atoms with Crippen molar-refractivity contribution in [1.82, 2.24) is 10.2 Å². The summed E-state index contributed by atoms with van der Waals surface area (Å²) in [6.45, 7) is -1.58. The molecule has 2 heterocycles. The quantitative estimate of drug-likeness (QED) is 0.707. The van der Waals surface area contributed by atoms with Crippen LogP contribution in [0.15, 0.2) is 41.2 Å². The van der Waals surface area contributed by atoms with Gasteiger partial charge in [-0.15, -0.1) is 0 Å². The fourth-order valence-electron chi connectivity index (χ4n) is 3.48. The van der Waals surface area contributed by atoms with E-state index >= 15 is 0 Å². The lowest BCUT2D eigenvalue weighted by Gasteiger charge is -2.31. The molecule has 1 aliphatic heterocycles. The number of rotatable bonds is 8. The highest BCUT2D eigenvalue weighted by atomic mass is 19.3. The molecular weight excluding hydrogens is 398 g/mol. The second-order valence-electron chi connectivity index (χ2n) is 7.01. The zero-order valence-corrected chi connectivity index (χ0v) is 16.6. The summed E-state index contributed by atoms with van der Waals surface area (Å²) < 4.78 is 39.3. The van der Waals surface area contributed by atoms with Gasteiger partial charge in [0.25, 0.3) is 5.91 Å². The Labute approximate surface area is 172 Å². The van der Waals surface area contributed by atoms with Gasteiger partial charge in [-0.2, -0.15) is 8.78 Å². The molecule has 2 amide bonds. The number of ether oxygens (including phenoxy) is 2. The fourth-order valence-corrected chi connectivity index (χ4v) is 3.48. The predicted octanol–water partition coefficient (Wildman–Crippen LogP) is 3.10. The van der Waals surface area contributed by atoms with Gasteiger partial charge in [0.15, 0.2) is 11.5 Å². The van der Waals surface area contributed by atoms with Gasteiger partial charge in [-0.3, -0.25) is 9.59 Å². The van der Waals surface area contributed by atoms with E-state index in [0.29, 0.717) is 38.0 Å². The Morgan fingerprint density at radius 1 is 1.30 bits per heavy atom. The molecule has 1 saturated heterocycles. The summed E-state index contributed by atoms with van der Waals surface area (Å²) in [7, 11) is 1.37. The molecule has 1 fully saturated rings. The molecule has 30 heavy (non-hydrogen) atoms. The van der Waals surface area contributed by atoms with Crippen LogP contribution in [0.1, 0.15) is 28.8 Å². The standard InChI is InChI=1S/C21H24F2N2O5/c1-28-18-11-14(4-5-17(18)30-21(22)23)6-8-24-19(26)15-3-2-9-25(12-15)20(27)16-7-10-29-13-16/h4-5,7,10-11,13,15,21H,2-3,6,8-9,12H2,1H3,(H,24,26)/t15-/m0/s1. The van der Waals surface area contributed by atoms with Crippen LogP contribution in [0, 0.1) is 5.92 Å². The minimum absolute atomic E-state index is 0.0372. The first-order valence-corrected chi connectivity index (χ1v) is 9.69. The highest BCUT2D eigenvalue weighted by Gasteiger charge is 2.29. The smallest absolute Gasteiger partial charge is 0.387 e. The maximum Gasteiger partial charge on any atom is 0.387 e. The molecule has 0 aliphatic carbocycles. The third kappa shape index (κ3) is 5.49. The van der Waals surface area contributed by atoms with Gasteiger partial charge < -0.3 is 24.1 Å². The number of methoxy groups -OCH3 is 1. The number of likely N-dealkylation sites (tertiary alicyclic amines) is 1.